The molecule has 0 aromatic heterocycles. The van der Waals surface area contributed by atoms with Gasteiger partial charge in [0, 0.05) is 45.3 Å². The zero-order valence-electron chi connectivity index (χ0n) is 54.5. The summed E-state index contributed by atoms with van der Waals surface area (Å²) in [7, 11) is 0. The highest BCUT2D eigenvalue weighted by Gasteiger charge is 2.42. The minimum absolute atomic E-state index is 0.0736. The lowest BCUT2D eigenvalue weighted by Crippen LogP contribution is -2.60. The Kier molecular flexibility index (Phi) is 33.9. The number of likely N-dealkylation sites (tertiary alicyclic amines) is 2. The van der Waals surface area contributed by atoms with Gasteiger partial charge in [0.15, 0.2) is 5.96 Å². The number of nitrogens with zero attached hydrogens (tertiary/aromatic N) is 3. The molecule has 2 fully saturated rings. The quantitative estimate of drug-likeness (QED) is 0.0173. The lowest BCUT2D eigenvalue weighted by Gasteiger charge is -2.32. The molecular weight excluding hydrogens is 1250 g/mol. The van der Waals surface area contributed by atoms with Gasteiger partial charge in [-0.25, -0.2) is 0 Å². The van der Waals surface area contributed by atoms with Crippen molar-refractivity contribution in [2.75, 3.05) is 44.7 Å². The van der Waals surface area contributed by atoms with Crippen LogP contribution < -0.4 is 82.7 Å². The van der Waals surface area contributed by atoms with E-state index >= 15 is 0 Å². The van der Waals surface area contributed by atoms with Crippen LogP contribution in [-0.2, 0) is 75.2 Å². The third-order valence-electron chi connectivity index (χ3n) is 16.0. The van der Waals surface area contributed by atoms with Crippen molar-refractivity contribution in [3.8, 4) is 0 Å². The van der Waals surface area contributed by atoms with Crippen molar-refractivity contribution in [1.82, 2.24) is 52.3 Å². The SMILES string of the molecule is CSCC[C@H](NC(=O)[C@@H](CC(C)C)NC(=O)CNC(=O)[C@@H](Cc1ccccc1)NC(=O)[C@@H](Cc1ccccc1)NC(=O)[C@@H](CCC(N)=O)NC(=O)[C@H](CCC(N)=O)NC(=O)[C@@H]1CCCN1C(=O)[C@@H](CCCCN)NC(=O)[C@H]1CCCN1C(=O)[C@@H](N)CCCN=C(N)N)C(N)=O. The summed E-state index contributed by atoms with van der Waals surface area (Å²) in [5.41, 5.74) is 40.6. The Morgan fingerprint density at radius 1 is 0.537 bits per heavy atom. The second-order valence-corrected chi connectivity index (χ2v) is 25.1. The van der Waals surface area contributed by atoms with Crippen LogP contribution in [0.2, 0.25) is 0 Å². The molecule has 31 nitrogen and oxygen atoms in total. The van der Waals surface area contributed by atoms with Crippen LogP contribution in [0.5, 0.6) is 0 Å². The van der Waals surface area contributed by atoms with E-state index < -0.39 is 169 Å². The maximum atomic E-state index is 14.7. The van der Waals surface area contributed by atoms with Gasteiger partial charge in [-0.15, -0.1) is 0 Å². The largest absolute Gasteiger partial charge is 0.370 e. The van der Waals surface area contributed by atoms with Gasteiger partial charge in [0.05, 0.1) is 12.6 Å². The molecule has 2 aromatic carbocycles. The predicted octanol–water partition coefficient (Wildman–Crippen LogP) is -3.71. The van der Waals surface area contributed by atoms with Crippen molar-refractivity contribution in [3.05, 3.63) is 71.8 Å². The van der Waals surface area contributed by atoms with Gasteiger partial charge < -0.3 is 92.5 Å². The number of aliphatic imine (C=N–C) groups is 1. The van der Waals surface area contributed by atoms with Crippen LogP contribution >= 0.6 is 11.8 Å². The molecule has 4 rings (SSSR count). The number of nitrogens with two attached hydrogens (primary N) is 7. The number of carbonyl (C=O) groups is 13. The highest BCUT2D eigenvalue weighted by atomic mass is 32.2. The number of unbranched alkanes of at least 4 members (excludes halogenated alkanes) is 1. The molecule has 95 heavy (non-hydrogen) atoms. The van der Waals surface area contributed by atoms with E-state index in [2.05, 4.69) is 47.5 Å². The average Bonchev–Trinajstić information content (AvgIpc) is 1.74. The van der Waals surface area contributed by atoms with Crippen molar-refractivity contribution >= 4 is 94.5 Å². The summed E-state index contributed by atoms with van der Waals surface area (Å²) >= 11 is 1.45. The van der Waals surface area contributed by atoms with Crippen molar-refractivity contribution in [2.45, 2.75) is 183 Å². The van der Waals surface area contributed by atoms with Crippen molar-refractivity contribution in [3.63, 3.8) is 0 Å². The van der Waals surface area contributed by atoms with Gasteiger partial charge in [-0.2, -0.15) is 11.8 Å². The Balaban J connectivity index is 1.56. The molecule has 13 amide bonds. The molecule has 32 heteroatoms. The van der Waals surface area contributed by atoms with Crippen LogP contribution in [0.15, 0.2) is 65.7 Å². The summed E-state index contributed by atoms with van der Waals surface area (Å²) < 4.78 is 0. The number of amides is 13. The number of hydrogen-bond donors (Lipinski definition) is 15. The van der Waals surface area contributed by atoms with Gasteiger partial charge >= 0.3 is 0 Å². The Bertz CT molecular complexity index is 2960. The van der Waals surface area contributed by atoms with Gasteiger partial charge in [0.25, 0.3) is 0 Å². The molecule has 2 aromatic rings. The van der Waals surface area contributed by atoms with Gasteiger partial charge in [-0.1, -0.05) is 74.5 Å². The highest BCUT2D eigenvalue weighted by molar-refractivity contribution is 7.98. The molecule has 0 spiro atoms. The summed E-state index contributed by atoms with van der Waals surface area (Å²) in [5.74, 6) is -9.80. The number of thioether (sulfide) groups is 1. The van der Waals surface area contributed by atoms with E-state index in [4.69, 9.17) is 40.1 Å². The molecule has 0 saturated carbocycles. The fraction of sp³-hybridized carbons (Fsp3) is 0.587. The first kappa shape index (κ1) is 78.5. The predicted molar refractivity (Wildman–Crippen MR) is 356 cm³/mol. The fourth-order valence-corrected chi connectivity index (χ4v) is 11.5. The van der Waals surface area contributed by atoms with Crippen molar-refractivity contribution < 1.29 is 62.3 Å². The molecule has 22 N–H and O–H groups in total. The van der Waals surface area contributed by atoms with Crippen LogP contribution in [0.4, 0.5) is 0 Å². The summed E-state index contributed by atoms with van der Waals surface area (Å²) in [4.78, 5) is 185. The van der Waals surface area contributed by atoms with Crippen LogP contribution in [0.3, 0.4) is 0 Å². The van der Waals surface area contributed by atoms with Crippen molar-refractivity contribution in [1.29, 1.82) is 0 Å². The van der Waals surface area contributed by atoms with Crippen LogP contribution in [0, 0.1) is 5.92 Å². The molecule has 2 heterocycles. The third-order valence-corrected chi connectivity index (χ3v) is 16.7. The maximum absolute atomic E-state index is 14.7. The lowest BCUT2D eigenvalue weighted by atomic mass is 10.0. The smallest absolute Gasteiger partial charge is 0.245 e. The fourth-order valence-electron chi connectivity index (χ4n) is 11.0. The lowest BCUT2D eigenvalue weighted by molar-refractivity contribution is -0.144. The Hall–Kier alpha value is -8.91. The van der Waals surface area contributed by atoms with E-state index in [0.29, 0.717) is 55.4 Å². The third kappa shape index (κ3) is 27.5. The zero-order valence-corrected chi connectivity index (χ0v) is 55.3. The van der Waals surface area contributed by atoms with Gasteiger partial charge in [0.1, 0.15) is 54.4 Å². The van der Waals surface area contributed by atoms with Crippen LogP contribution in [-0.4, -0.2) is 198 Å². The second kappa shape index (κ2) is 41.0. The molecule has 2 saturated heterocycles. The van der Waals surface area contributed by atoms with Gasteiger partial charge in [-0.05, 0) is 119 Å². The standard InChI is InChI=1S/C63H98N18O13S/c1-37(2)33-45(57(89)74-41(53(68)85)27-32-95-3)73-52(84)36-72-54(86)46(34-38-15-6-4-7-16-38)78-58(90)47(35-39-17-8-5-9-18-39)79-56(88)42(23-25-50(66)82)75-55(87)43(24-26-51(67)83)76-59(91)49-22-14-31-81(49)62(94)44(20-10-11-28-64)77-60(92)48-21-13-30-80(48)61(93)40(65)19-12-29-71-63(69)70/h4-9,15-18,37,40-49H,10-14,19-36,64-65H2,1-3H3,(H2,66,82)(H2,67,83)(H2,68,85)(H,72,86)(H,73,84)(H,74,89)(H,75,87)(H,76,91)(H,77,92)(H,78,90)(H,79,88)(H4,69,70,71)/t40-,41-,42+,43-,44+,45+,46+,47+,48+,49-/m0/s1. The van der Waals surface area contributed by atoms with E-state index in [1.54, 1.807) is 60.7 Å². The number of guanidine groups is 1. The summed E-state index contributed by atoms with van der Waals surface area (Å²) in [5, 5.41) is 21.1. The molecule has 0 bridgehead atoms. The van der Waals surface area contributed by atoms with Crippen molar-refractivity contribution in [2.24, 2.45) is 51.0 Å². The minimum atomic E-state index is -1.64. The summed E-state index contributed by atoms with van der Waals surface area (Å²) in [6.07, 6.45) is 3.12. The van der Waals surface area contributed by atoms with E-state index in [9.17, 15) is 62.3 Å². The van der Waals surface area contributed by atoms with Crippen LogP contribution in [0.25, 0.3) is 0 Å². The number of rotatable bonds is 42. The summed E-state index contributed by atoms with van der Waals surface area (Å²) in [6, 6.07) is 4.51. The molecule has 2 aliphatic rings. The monoisotopic (exact) mass is 1350 g/mol. The second-order valence-electron chi connectivity index (χ2n) is 24.1. The molecule has 524 valence electrons. The summed E-state index contributed by atoms with van der Waals surface area (Å²) in [6.45, 7) is 3.86. The maximum Gasteiger partial charge on any atom is 0.245 e. The van der Waals surface area contributed by atoms with E-state index in [1.165, 1.54) is 21.6 Å². The Labute approximate surface area is 558 Å². The van der Waals surface area contributed by atoms with Gasteiger partial charge in [-0.3, -0.25) is 67.3 Å². The molecular formula is C63H98N18O13S. The number of primary amides is 3. The van der Waals surface area contributed by atoms with E-state index in [-0.39, 0.29) is 83.0 Å². The van der Waals surface area contributed by atoms with E-state index in [1.807, 2.05) is 20.1 Å². The first-order valence-corrected chi connectivity index (χ1v) is 33.6. The number of hydrogen-bond acceptors (Lipinski definition) is 17. The Morgan fingerprint density at radius 2 is 1.01 bits per heavy atom. The first-order chi connectivity index (χ1) is 45.2. The topological polar surface area (TPSA) is 519 Å². The van der Waals surface area contributed by atoms with E-state index in [0.717, 1.165) is 0 Å². The minimum Gasteiger partial charge on any atom is -0.370 e. The van der Waals surface area contributed by atoms with Crippen LogP contribution in [0.1, 0.15) is 121 Å². The Morgan fingerprint density at radius 3 is 1.51 bits per heavy atom. The number of benzene rings is 2. The average molecular weight is 1350 g/mol. The molecule has 0 unspecified atom stereocenters. The molecule has 2 aliphatic heterocycles. The number of carbonyl (C=O) groups excluding carboxylic acids is 13. The molecule has 0 radical (unpaired) electrons. The highest BCUT2D eigenvalue weighted by Crippen LogP contribution is 2.24. The molecule has 0 aliphatic carbocycles. The van der Waals surface area contributed by atoms with Gasteiger partial charge in [0.2, 0.25) is 76.8 Å². The normalized spacial score (nSPS) is 16.8. The zero-order chi connectivity index (χ0) is 70.1. The number of nitrogens with one attached hydrogen (secondary N) is 8. The molecule has 10 atom stereocenters. The first-order valence-electron chi connectivity index (χ1n) is 32.2.